The van der Waals surface area contributed by atoms with Crippen LogP contribution in [0.4, 0.5) is 0 Å². The highest BCUT2D eigenvalue weighted by Gasteiger charge is 2.13. The summed E-state index contributed by atoms with van der Waals surface area (Å²) in [7, 11) is 0. The van der Waals surface area contributed by atoms with Crippen LogP contribution in [0.1, 0.15) is 25.1 Å². The summed E-state index contributed by atoms with van der Waals surface area (Å²) in [5.74, 6) is 0.755. The average molecular weight is 361 g/mol. The third-order valence-electron chi connectivity index (χ3n) is 4.53. The number of nitrogens with zero attached hydrogens (tertiary/aromatic N) is 3. The molecule has 3 aromatic rings. The molecule has 1 aromatic heterocycles. The van der Waals surface area contributed by atoms with Gasteiger partial charge in [0.2, 0.25) is 0 Å². The highest BCUT2D eigenvalue weighted by atomic mass is 16.5. The van der Waals surface area contributed by atoms with Crippen molar-refractivity contribution in [2.75, 3.05) is 26.2 Å². The summed E-state index contributed by atoms with van der Waals surface area (Å²) < 4.78 is 11.3. The number of ether oxygens (including phenoxy) is 1. The largest absolute Gasteiger partial charge is 0.492 e. The number of allylic oxidation sites excluding steroid dienone is 1. The molecule has 0 bridgehead atoms. The first kappa shape index (κ1) is 18.7. The molecule has 0 aliphatic rings. The molecule has 0 amide bonds. The fourth-order valence-corrected chi connectivity index (χ4v) is 2.94. The lowest BCUT2D eigenvalue weighted by Crippen LogP contribution is -2.27. The van der Waals surface area contributed by atoms with Crippen LogP contribution in [0.5, 0.6) is 5.75 Å². The van der Waals surface area contributed by atoms with Gasteiger partial charge in [-0.25, -0.2) is 0 Å². The van der Waals surface area contributed by atoms with E-state index < -0.39 is 0 Å². The highest BCUT2D eigenvalue weighted by molar-refractivity contribution is 5.99. The van der Waals surface area contributed by atoms with Gasteiger partial charge in [-0.1, -0.05) is 49.3 Å². The van der Waals surface area contributed by atoms with Crippen molar-refractivity contribution < 1.29 is 9.26 Å². The number of nitriles is 1. The monoisotopic (exact) mass is 361 g/mol. The van der Waals surface area contributed by atoms with Gasteiger partial charge in [-0.3, -0.25) is 0 Å². The van der Waals surface area contributed by atoms with Crippen molar-refractivity contribution in [3.63, 3.8) is 0 Å². The van der Waals surface area contributed by atoms with E-state index in [9.17, 15) is 5.26 Å². The zero-order valence-electron chi connectivity index (χ0n) is 15.7. The molecule has 0 aliphatic carbocycles. The number of hydrogen-bond acceptors (Lipinski definition) is 5. The summed E-state index contributed by atoms with van der Waals surface area (Å²) in [6, 6.07) is 17.5. The minimum Gasteiger partial charge on any atom is -0.492 e. The van der Waals surface area contributed by atoms with Gasteiger partial charge in [-0.15, -0.1) is 0 Å². The zero-order valence-corrected chi connectivity index (χ0v) is 15.7. The number of para-hydroxylation sites is 2. The van der Waals surface area contributed by atoms with E-state index >= 15 is 0 Å². The number of likely N-dealkylation sites (N-methyl/N-ethyl adjacent to an activating group) is 1. The van der Waals surface area contributed by atoms with Gasteiger partial charge >= 0.3 is 0 Å². The molecule has 0 saturated carbocycles. The molecule has 0 radical (unpaired) electrons. The van der Waals surface area contributed by atoms with Crippen LogP contribution in [-0.2, 0) is 0 Å². The molecule has 138 valence electrons. The Balaban J connectivity index is 1.86. The lowest BCUT2D eigenvalue weighted by molar-refractivity contribution is 0.222. The van der Waals surface area contributed by atoms with E-state index in [4.69, 9.17) is 9.26 Å². The first-order valence-corrected chi connectivity index (χ1v) is 9.17. The van der Waals surface area contributed by atoms with E-state index in [1.54, 1.807) is 6.08 Å². The maximum atomic E-state index is 9.67. The molecule has 0 aliphatic heterocycles. The second-order valence-electron chi connectivity index (χ2n) is 6.11. The quantitative estimate of drug-likeness (QED) is 0.548. The molecule has 27 heavy (non-hydrogen) atoms. The zero-order chi connectivity index (χ0) is 19.1. The predicted molar refractivity (Wildman–Crippen MR) is 107 cm³/mol. The number of benzene rings is 2. The Hall–Kier alpha value is -3.10. The number of rotatable bonds is 8. The van der Waals surface area contributed by atoms with Gasteiger partial charge in [0, 0.05) is 12.1 Å². The maximum Gasteiger partial charge on any atom is 0.167 e. The number of fused-ring (bicyclic) bond motifs is 1. The van der Waals surface area contributed by atoms with Gasteiger partial charge in [-0.05, 0) is 37.4 Å². The normalized spacial score (nSPS) is 11.7. The van der Waals surface area contributed by atoms with E-state index in [1.807, 2.05) is 48.5 Å². The summed E-state index contributed by atoms with van der Waals surface area (Å²) in [6.07, 6.45) is 1.80. The summed E-state index contributed by atoms with van der Waals surface area (Å²) in [5, 5.41) is 14.6. The fraction of sp³-hybridized carbons (Fsp3) is 0.273. The Morgan fingerprint density at radius 2 is 1.89 bits per heavy atom. The van der Waals surface area contributed by atoms with Crippen molar-refractivity contribution >= 4 is 22.6 Å². The Labute approximate surface area is 159 Å². The van der Waals surface area contributed by atoms with Gasteiger partial charge in [0.1, 0.15) is 24.1 Å². The van der Waals surface area contributed by atoms with Gasteiger partial charge in [0.15, 0.2) is 5.58 Å². The molecule has 5 nitrogen and oxygen atoms in total. The Kier molecular flexibility index (Phi) is 6.24. The summed E-state index contributed by atoms with van der Waals surface area (Å²) >= 11 is 0. The summed E-state index contributed by atoms with van der Waals surface area (Å²) in [5.41, 5.74) is 2.50. The fourth-order valence-electron chi connectivity index (χ4n) is 2.94. The third-order valence-corrected chi connectivity index (χ3v) is 4.53. The molecular formula is C22H23N3O2. The lowest BCUT2D eigenvalue weighted by Gasteiger charge is -2.18. The molecule has 0 atom stereocenters. The molecule has 0 N–H and O–H groups in total. The molecule has 0 saturated heterocycles. The van der Waals surface area contributed by atoms with Crippen LogP contribution in [0, 0.1) is 11.3 Å². The minimum atomic E-state index is 0.444. The van der Waals surface area contributed by atoms with Crippen LogP contribution in [-0.4, -0.2) is 36.3 Å². The minimum absolute atomic E-state index is 0.444. The van der Waals surface area contributed by atoms with Crippen LogP contribution < -0.4 is 4.74 Å². The molecule has 2 aromatic carbocycles. The van der Waals surface area contributed by atoms with Crippen LogP contribution in [0.25, 0.3) is 22.6 Å². The topological polar surface area (TPSA) is 62.3 Å². The predicted octanol–water partition coefficient (Wildman–Crippen LogP) is 4.61. The molecule has 0 unspecified atom stereocenters. The van der Waals surface area contributed by atoms with Crippen molar-refractivity contribution in [3.8, 4) is 11.8 Å². The van der Waals surface area contributed by atoms with Gasteiger partial charge in [0.25, 0.3) is 0 Å². The molecule has 0 spiro atoms. The summed E-state index contributed by atoms with van der Waals surface area (Å²) in [6.45, 7) is 7.74. The average Bonchev–Trinajstić information content (AvgIpc) is 3.14. The van der Waals surface area contributed by atoms with Crippen molar-refractivity contribution in [1.82, 2.24) is 10.1 Å². The SMILES string of the molecule is CCN(CC)CCOc1ccccc1/C=C(\C#N)c1noc2ccccc12. The van der Waals surface area contributed by atoms with Gasteiger partial charge < -0.3 is 14.2 Å². The Bertz CT molecular complexity index is 965. The molecule has 5 heteroatoms. The first-order chi connectivity index (χ1) is 13.3. The van der Waals surface area contributed by atoms with Crippen LogP contribution in [0.3, 0.4) is 0 Å². The van der Waals surface area contributed by atoms with Crippen molar-refractivity contribution in [1.29, 1.82) is 5.26 Å². The molecule has 3 rings (SSSR count). The van der Waals surface area contributed by atoms with E-state index in [0.29, 0.717) is 23.5 Å². The standard InChI is InChI=1S/C22H23N3O2/c1-3-25(4-2)13-14-26-20-11-7-5-9-17(20)15-18(16-23)22-19-10-6-8-12-21(19)27-24-22/h5-12,15H,3-4,13-14H2,1-2H3/b18-15+. The van der Waals surface area contributed by atoms with Crippen molar-refractivity contribution in [3.05, 3.63) is 59.8 Å². The smallest absolute Gasteiger partial charge is 0.167 e. The van der Waals surface area contributed by atoms with E-state index in [0.717, 1.165) is 36.3 Å². The van der Waals surface area contributed by atoms with Crippen molar-refractivity contribution in [2.45, 2.75) is 13.8 Å². The maximum absolute atomic E-state index is 9.67. The highest BCUT2D eigenvalue weighted by Crippen LogP contribution is 2.28. The number of aromatic nitrogens is 1. The van der Waals surface area contributed by atoms with Crippen LogP contribution in [0.15, 0.2) is 53.1 Å². The lowest BCUT2D eigenvalue weighted by atomic mass is 10.1. The van der Waals surface area contributed by atoms with E-state index in [-0.39, 0.29) is 0 Å². The number of hydrogen-bond donors (Lipinski definition) is 0. The molecule has 0 fully saturated rings. The van der Waals surface area contributed by atoms with Crippen LogP contribution in [0.2, 0.25) is 0 Å². The van der Waals surface area contributed by atoms with E-state index in [1.165, 1.54) is 0 Å². The second kappa shape index (κ2) is 9.02. The molecule has 1 heterocycles. The van der Waals surface area contributed by atoms with Crippen LogP contribution >= 0.6 is 0 Å². The second-order valence-corrected chi connectivity index (χ2v) is 6.11. The Morgan fingerprint density at radius 1 is 1.15 bits per heavy atom. The third kappa shape index (κ3) is 4.36. The first-order valence-electron chi connectivity index (χ1n) is 9.17. The molecular weight excluding hydrogens is 338 g/mol. The van der Waals surface area contributed by atoms with Gasteiger partial charge in [-0.2, -0.15) is 5.26 Å². The Morgan fingerprint density at radius 3 is 2.67 bits per heavy atom. The van der Waals surface area contributed by atoms with Gasteiger partial charge in [0.05, 0.1) is 11.0 Å². The van der Waals surface area contributed by atoms with Crippen molar-refractivity contribution in [2.24, 2.45) is 0 Å². The van der Waals surface area contributed by atoms with E-state index in [2.05, 4.69) is 30.0 Å². The summed E-state index contributed by atoms with van der Waals surface area (Å²) in [4.78, 5) is 2.31.